The molecule has 5 nitrogen and oxygen atoms in total. The third kappa shape index (κ3) is 2.17. The van der Waals surface area contributed by atoms with Gasteiger partial charge >= 0.3 is 0 Å². The molecule has 0 unspecified atom stereocenters. The minimum absolute atomic E-state index is 0.196. The molecule has 2 heterocycles. The molecule has 20 heavy (non-hydrogen) atoms. The van der Waals surface area contributed by atoms with Crippen LogP contribution in [0.4, 0.5) is 4.39 Å². The van der Waals surface area contributed by atoms with Crippen LogP contribution in [0.3, 0.4) is 0 Å². The number of nitriles is 1. The van der Waals surface area contributed by atoms with Gasteiger partial charge in [-0.3, -0.25) is 0 Å². The monoisotopic (exact) mass is 268 g/mol. The average Bonchev–Trinajstić information content (AvgIpc) is 3.10. The second-order valence-electron chi connectivity index (χ2n) is 4.16. The second kappa shape index (κ2) is 4.97. The predicted molar refractivity (Wildman–Crippen MR) is 67.9 cm³/mol. The van der Waals surface area contributed by atoms with E-state index in [2.05, 4.69) is 10.3 Å². The van der Waals surface area contributed by atoms with E-state index in [0.717, 1.165) is 5.56 Å². The minimum atomic E-state index is -0.295. The Balaban J connectivity index is 2.00. The van der Waals surface area contributed by atoms with Crippen LogP contribution in [0, 0.1) is 17.1 Å². The highest BCUT2D eigenvalue weighted by Crippen LogP contribution is 2.23. The van der Waals surface area contributed by atoms with Gasteiger partial charge in [-0.1, -0.05) is 17.3 Å². The van der Waals surface area contributed by atoms with E-state index in [4.69, 9.17) is 9.68 Å². The van der Waals surface area contributed by atoms with Crippen molar-refractivity contribution in [1.29, 1.82) is 5.26 Å². The number of aromatic nitrogens is 3. The van der Waals surface area contributed by atoms with E-state index >= 15 is 0 Å². The Morgan fingerprint density at radius 1 is 1.25 bits per heavy atom. The number of benzene rings is 1. The summed E-state index contributed by atoms with van der Waals surface area (Å²) < 4.78 is 19.8. The number of hydrogen-bond donors (Lipinski definition) is 0. The maximum Gasteiger partial charge on any atom is 0.193 e. The highest BCUT2D eigenvalue weighted by Gasteiger charge is 2.17. The molecule has 0 fully saturated rings. The van der Waals surface area contributed by atoms with Gasteiger partial charge in [0.1, 0.15) is 17.6 Å². The summed E-state index contributed by atoms with van der Waals surface area (Å²) in [6.07, 6.45) is 1.52. The highest BCUT2D eigenvalue weighted by molar-refractivity contribution is 5.59. The van der Waals surface area contributed by atoms with Crippen molar-refractivity contribution >= 4 is 0 Å². The Hall–Kier alpha value is -2.94. The minimum Gasteiger partial charge on any atom is -0.463 e. The molecule has 98 valence electrons. The maximum atomic E-state index is 12.9. The lowest BCUT2D eigenvalue weighted by Crippen LogP contribution is -2.04. The number of hydrogen-bond acceptors (Lipinski definition) is 4. The van der Waals surface area contributed by atoms with Gasteiger partial charge in [-0.15, -0.1) is 5.10 Å². The fourth-order valence-corrected chi connectivity index (χ4v) is 1.92. The molecule has 0 N–H and O–H groups in total. The summed E-state index contributed by atoms with van der Waals surface area (Å²) in [5, 5.41) is 16.8. The fourth-order valence-electron chi connectivity index (χ4n) is 1.92. The van der Waals surface area contributed by atoms with Crippen LogP contribution in [0.25, 0.3) is 11.5 Å². The zero-order valence-corrected chi connectivity index (χ0v) is 10.3. The van der Waals surface area contributed by atoms with Crippen molar-refractivity contribution in [2.75, 3.05) is 0 Å². The molecule has 0 aliphatic carbocycles. The predicted octanol–water partition coefficient (Wildman–Crippen LogP) is 2.60. The van der Waals surface area contributed by atoms with Gasteiger partial charge in [-0.2, -0.15) is 5.26 Å². The summed E-state index contributed by atoms with van der Waals surface area (Å²) in [6, 6.07) is 11.5. The van der Waals surface area contributed by atoms with Crippen molar-refractivity contribution in [2.45, 2.75) is 6.54 Å². The summed E-state index contributed by atoms with van der Waals surface area (Å²) in [6.45, 7) is 0.380. The normalized spacial score (nSPS) is 10.4. The summed E-state index contributed by atoms with van der Waals surface area (Å²) in [4.78, 5) is 0. The van der Waals surface area contributed by atoms with Crippen LogP contribution in [-0.2, 0) is 6.54 Å². The Morgan fingerprint density at radius 2 is 2.05 bits per heavy atom. The van der Waals surface area contributed by atoms with Crippen LogP contribution in [0.15, 0.2) is 47.1 Å². The Labute approximate surface area is 113 Å². The molecule has 0 amide bonds. The summed E-state index contributed by atoms with van der Waals surface area (Å²) >= 11 is 0. The number of furan rings is 1. The van der Waals surface area contributed by atoms with Gasteiger partial charge in [-0.05, 0) is 29.8 Å². The van der Waals surface area contributed by atoms with Gasteiger partial charge in [0.25, 0.3) is 0 Å². The van der Waals surface area contributed by atoms with Crippen LogP contribution in [-0.4, -0.2) is 15.0 Å². The molecule has 0 radical (unpaired) electrons. The first-order valence-electron chi connectivity index (χ1n) is 5.90. The van der Waals surface area contributed by atoms with E-state index in [1.165, 1.54) is 18.4 Å². The standard InChI is InChI=1S/C14H9FN4O/c15-11-5-3-10(4-6-11)9-19-14(12(8-16)17-18-19)13-2-1-7-20-13/h1-7H,9H2. The largest absolute Gasteiger partial charge is 0.463 e. The molecule has 3 rings (SSSR count). The first kappa shape index (κ1) is 12.1. The Morgan fingerprint density at radius 3 is 2.70 bits per heavy atom. The zero-order valence-electron chi connectivity index (χ0n) is 10.3. The Kier molecular flexibility index (Phi) is 3.01. The molecular weight excluding hydrogens is 259 g/mol. The molecule has 0 aliphatic heterocycles. The first-order valence-corrected chi connectivity index (χ1v) is 5.90. The van der Waals surface area contributed by atoms with E-state index in [1.807, 2.05) is 6.07 Å². The fraction of sp³-hybridized carbons (Fsp3) is 0.0714. The van der Waals surface area contributed by atoms with Gasteiger partial charge in [0.15, 0.2) is 11.5 Å². The molecule has 1 aromatic carbocycles. The number of halogens is 1. The van der Waals surface area contributed by atoms with E-state index in [9.17, 15) is 4.39 Å². The molecule has 2 aromatic heterocycles. The van der Waals surface area contributed by atoms with E-state index in [0.29, 0.717) is 18.0 Å². The third-order valence-corrected chi connectivity index (χ3v) is 2.84. The SMILES string of the molecule is N#Cc1nnn(Cc2ccc(F)cc2)c1-c1ccco1. The van der Waals surface area contributed by atoms with Crippen molar-refractivity contribution in [3.8, 4) is 17.5 Å². The second-order valence-corrected chi connectivity index (χ2v) is 4.16. The first-order chi connectivity index (χ1) is 9.78. The lowest BCUT2D eigenvalue weighted by molar-refractivity contribution is 0.565. The van der Waals surface area contributed by atoms with Crippen molar-refractivity contribution in [1.82, 2.24) is 15.0 Å². The van der Waals surface area contributed by atoms with Gasteiger partial charge in [0, 0.05) is 0 Å². The van der Waals surface area contributed by atoms with Crippen molar-refractivity contribution in [2.24, 2.45) is 0 Å². The van der Waals surface area contributed by atoms with Crippen LogP contribution in [0.1, 0.15) is 11.3 Å². The quantitative estimate of drug-likeness (QED) is 0.732. The molecule has 0 bridgehead atoms. The van der Waals surface area contributed by atoms with Crippen LogP contribution >= 0.6 is 0 Å². The lowest BCUT2D eigenvalue weighted by atomic mass is 10.2. The van der Waals surface area contributed by atoms with Gasteiger partial charge in [0.05, 0.1) is 12.8 Å². The van der Waals surface area contributed by atoms with Crippen molar-refractivity contribution in [3.63, 3.8) is 0 Å². The molecular formula is C14H9FN4O. The van der Waals surface area contributed by atoms with Crippen LogP contribution in [0.5, 0.6) is 0 Å². The van der Waals surface area contributed by atoms with E-state index in [-0.39, 0.29) is 11.5 Å². The molecule has 0 saturated carbocycles. The number of nitrogens with zero attached hydrogens (tertiary/aromatic N) is 4. The van der Waals surface area contributed by atoms with E-state index in [1.54, 1.807) is 28.9 Å². The third-order valence-electron chi connectivity index (χ3n) is 2.84. The smallest absolute Gasteiger partial charge is 0.193 e. The maximum absolute atomic E-state index is 12.9. The van der Waals surface area contributed by atoms with Gasteiger partial charge in [-0.25, -0.2) is 9.07 Å². The topological polar surface area (TPSA) is 67.6 Å². The highest BCUT2D eigenvalue weighted by atomic mass is 19.1. The summed E-state index contributed by atoms with van der Waals surface area (Å²) in [7, 11) is 0. The summed E-state index contributed by atoms with van der Waals surface area (Å²) in [5.41, 5.74) is 1.57. The van der Waals surface area contributed by atoms with E-state index < -0.39 is 0 Å². The van der Waals surface area contributed by atoms with Crippen LogP contribution < -0.4 is 0 Å². The molecule has 0 aliphatic rings. The average molecular weight is 268 g/mol. The zero-order chi connectivity index (χ0) is 13.9. The molecule has 3 aromatic rings. The lowest BCUT2D eigenvalue weighted by Gasteiger charge is -2.04. The number of rotatable bonds is 3. The van der Waals surface area contributed by atoms with Gasteiger partial charge in [0.2, 0.25) is 0 Å². The van der Waals surface area contributed by atoms with Crippen LogP contribution in [0.2, 0.25) is 0 Å². The molecule has 0 spiro atoms. The van der Waals surface area contributed by atoms with Gasteiger partial charge < -0.3 is 4.42 Å². The molecule has 0 saturated heterocycles. The summed E-state index contributed by atoms with van der Waals surface area (Å²) in [5.74, 6) is 0.227. The molecule has 0 atom stereocenters. The molecule has 6 heteroatoms. The van der Waals surface area contributed by atoms with Crippen molar-refractivity contribution in [3.05, 3.63) is 59.7 Å². The van der Waals surface area contributed by atoms with Crippen molar-refractivity contribution < 1.29 is 8.81 Å². The Bertz CT molecular complexity index is 754.